The molecule has 3 aromatic rings. The number of hydrogen-bond acceptors (Lipinski definition) is 9. The van der Waals surface area contributed by atoms with Crippen LogP contribution < -0.4 is 10.6 Å². The summed E-state index contributed by atoms with van der Waals surface area (Å²) in [5.41, 5.74) is 9.30. The number of nitrogens with zero attached hydrogens (tertiary/aromatic N) is 4. The molecule has 0 aliphatic carbocycles. The summed E-state index contributed by atoms with van der Waals surface area (Å²) in [6.07, 6.45) is 0.711. The fourth-order valence-corrected chi connectivity index (χ4v) is 4.32. The number of benzene rings is 1. The monoisotopic (exact) mass is 425 g/mol. The predicted octanol–water partition coefficient (Wildman–Crippen LogP) is 2.87. The molecule has 0 unspecified atom stereocenters. The number of nitrogens with two attached hydrogens (primary N) is 1. The molecule has 2 aliphatic heterocycles. The van der Waals surface area contributed by atoms with Crippen LogP contribution >= 0.6 is 0 Å². The number of methoxy groups -OCH3 is 1. The molecular weight excluding hydrogens is 398 g/mol. The van der Waals surface area contributed by atoms with E-state index in [0.717, 1.165) is 29.2 Å². The number of rotatable bonds is 5. The Morgan fingerprint density at radius 1 is 1.29 bits per heavy atom. The average molecular weight is 425 g/mol. The summed E-state index contributed by atoms with van der Waals surface area (Å²) in [5, 5.41) is 0. The smallest absolute Gasteiger partial charge is 0.292 e. The maximum atomic E-state index is 6.26. The maximum Gasteiger partial charge on any atom is 0.292 e. The van der Waals surface area contributed by atoms with Crippen LogP contribution in [0.3, 0.4) is 0 Å². The molecule has 164 valence electrons. The van der Waals surface area contributed by atoms with Gasteiger partial charge in [0, 0.05) is 37.8 Å². The van der Waals surface area contributed by atoms with Crippen molar-refractivity contribution in [3.05, 3.63) is 29.5 Å². The number of ether oxygens (including phenoxy) is 3. The van der Waals surface area contributed by atoms with Crippen molar-refractivity contribution in [2.75, 3.05) is 44.1 Å². The van der Waals surface area contributed by atoms with Crippen molar-refractivity contribution in [1.82, 2.24) is 15.0 Å². The number of hydrogen-bond donors (Lipinski definition) is 1. The van der Waals surface area contributed by atoms with E-state index in [-0.39, 0.29) is 12.1 Å². The van der Waals surface area contributed by atoms with Gasteiger partial charge in [-0.2, -0.15) is 4.98 Å². The molecule has 5 rings (SSSR count). The number of aromatic nitrogens is 3. The van der Waals surface area contributed by atoms with Crippen LogP contribution in [0.15, 0.2) is 22.6 Å². The molecule has 2 aromatic heterocycles. The van der Waals surface area contributed by atoms with E-state index >= 15 is 0 Å². The molecule has 4 heterocycles. The van der Waals surface area contributed by atoms with Crippen LogP contribution in [0.1, 0.15) is 31.5 Å². The second kappa shape index (κ2) is 7.74. The van der Waals surface area contributed by atoms with Crippen LogP contribution in [0, 0.1) is 0 Å². The summed E-state index contributed by atoms with van der Waals surface area (Å²) in [5.74, 6) is 1.53. The standard InChI is InChI=1S/C22H27N5O4/c1-13-11-29-9-7-27(13)20-15-12-30-22(2,6-8-28-3)18(15)25-19(26-20)14-4-5-16-17(10-14)31-21(23)24-16/h4-5,10,13H,6-9,11-12H2,1-3H3,(H2,23,24)/t13-,22+/m0/s1. The minimum atomic E-state index is -0.534. The summed E-state index contributed by atoms with van der Waals surface area (Å²) in [6.45, 7) is 7.40. The molecule has 0 spiro atoms. The molecule has 9 nitrogen and oxygen atoms in total. The van der Waals surface area contributed by atoms with Crippen LogP contribution in [0.2, 0.25) is 0 Å². The lowest BCUT2D eigenvalue weighted by Crippen LogP contribution is -2.44. The largest absolute Gasteiger partial charge is 0.424 e. The van der Waals surface area contributed by atoms with Gasteiger partial charge in [-0.3, -0.25) is 0 Å². The number of fused-ring (bicyclic) bond motifs is 2. The fourth-order valence-electron chi connectivity index (χ4n) is 4.32. The van der Waals surface area contributed by atoms with E-state index in [0.29, 0.717) is 49.8 Å². The first-order chi connectivity index (χ1) is 15.0. The Morgan fingerprint density at radius 3 is 2.97 bits per heavy atom. The van der Waals surface area contributed by atoms with Gasteiger partial charge in [-0.1, -0.05) is 0 Å². The van der Waals surface area contributed by atoms with Crippen LogP contribution in [-0.2, 0) is 26.4 Å². The Kier molecular flexibility index (Phi) is 5.04. The SMILES string of the molecule is COCC[C@@]1(C)OCc2c(N3CCOC[C@@H]3C)nc(-c3ccc4nc(N)oc4c3)nc21. The molecule has 0 saturated carbocycles. The van der Waals surface area contributed by atoms with Gasteiger partial charge in [-0.05, 0) is 32.0 Å². The first-order valence-electron chi connectivity index (χ1n) is 10.5. The van der Waals surface area contributed by atoms with E-state index in [4.69, 9.17) is 34.3 Å². The van der Waals surface area contributed by atoms with E-state index in [1.807, 2.05) is 18.2 Å². The molecular formula is C22H27N5O4. The molecule has 2 N–H and O–H groups in total. The molecule has 0 amide bonds. The van der Waals surface area contributed by atoms with Crippen molar-refractivity contribution in [1.29, 1.82) is 0 Å². The lowest BCUT2D eigenvalue weighted by atomic mass is 9.96. The van der Waals surface area contributed by atoms with Crippen LogP contribution in [0.25, 0.3) is 22.5 Å². The summed E-state index contributed by atoms with van der Waals surface area (Å²) >= 11 is 0. The molecule has 1 fully saturated rings. The van der Waals surface area contributed by atoms with E-state index < -0.39 is 5.60 Å². The topological polar surface area (TPSA) is 109 Å². The van der Waals surface area contributed by atoms with Crippen molar-refractivity contribution in [3.8, 4) is 11.4 Å². The first kappa shape index (κ1) is 20.2. The minimum absolute atomic E-state index is 0.144. The highest BCUT2D eigenvalue weighted by Gasteiger charge is 2.41. The molecule has 2 atom stereocenters. The number of nitrogen functional groups attached to an aromatic ring is 1. The van der Waals surface area contributed by atoms with Crippen LogP contribution in [0.5, 0.6) is 0 Å². The molecule has 0 radical (unpaired) electrons. The third-order valence-electron chi connectivity index (χ3n) is 6.11. The Balaban J connectivity index is 1.65. The van der Waals surface area contributed by atoms with E-state index in [9.17, 15) is 0 Å². The molecule has 2 aliphatic rings. The second-order valence-corrected chi connectivity index (χ2v) is 8.31. The van der Waals surface area contributed by atoms with Crippen LogP contribution in [-0.4, -0.2) is 54.5 Å². The zero-order valence-corrected chi connectivity index (χ0v) is 18.1. The second-order valence-electron chi connectivity index (χ2n) is 8.31. The maximum absolute atomic E-state index is 6.26. The average Bonchev–Trinajstić information content (AvgIpc) is 3.31. The molecule has 9 heteroatoms. The third kappa shape index (κ3) is 3.52. The van der Waals surface area contributed by atoms with Gasteiger partial charge < -0.3 is 29.3 Å². The van der Waals surface area contributed by atoms with E-state index in [1.54, 1.807) is 7.11 Å². The van der Waals surface area contributed by atoms with Gasteiger partial charge in [-0.25, -0.2) is 9.97 Å². The highest BCUT2D eigenvalue weighted by atomic mass is 16.5. The predicted molar refractivity (Wildman–Crippen MR) is 116 cm³/mol. The van der Waals surface area contributed by atoms with Crippen molar-refractivity contribution < 1.29 is 18.6 Å². The van der Waals surface area contributed by atoms with Crippen molar-refractivity contribution in [3.63, 3.8) is 0 Å². The van der Waals surface area contributed by atoms with Gasteiger partial charge in [0.25, 0.3) is 6.01 Å². The summed E-state index contributed by atoms with van der Waals surface area (Å²) in [4.78, 5) is 16.5. The van der Waals surface area contributed by atoms with Crippen molar-refractivity contribution in [2.24, 2.45) is 0 Å². The summed E-state index contributed by atoms with van der Waals surface area (Å²) in [6, 6.07) is 6.06. The van der Waals surface area contributed by atoms with E-state index in [2.05, 4.69) is 23.7 Å². The zero-order valence-electron chi connectivity index (χ0n) is 18.1. The third-order valence-corrected chi connectivity index (χ3v) is 6.11. The van der Waals surface area contributed by atoms with Crippen LogP contribution in [0.4, 0.5) is 11.8 Å². The number of morpholine rings is 1. The summed E-state index contributed by atoms with van der Waals surface area (Å²) < 4.78 is 22.8. The quantitative estimate of drug-likeness (QED) is 0.660. The Labute approximate surface area is 180 Å². The molecule has 31 heavy (non-hydrogen) atoms. The normalized spacial score (nSPS) is 23.5. The van der Waals surface area contributed by atoms with Gasteiger partial charge >= 0.3 is 0 Å². The lowest BCUT2D eigenvalue weighted by Gasteiger charge is -2.35. The highest BCUT2D eigenvalue weighted by molar-refractivity contribution is 5.80. The van der Waals surface area contributed by atoms with Gasteiger partial charge in [0.2, 0.25) is 0 Å². The molecule has 1 aromatic carbocycles. The number of oxazole rings is 1. The fraction of sp³-hybridized carbons (Fsp3) is 0.500. The van der Waals surface area contributed by atoms with Gasteiger partial charge in [0.15, 0.2) is 11.4 Å². The van der Waals surface area contributed by atoms with Gasteiger partial charge in [-0.15, -0.1) is 0 Å². The Bertz CT molecular complexity index is 1120. The molecule has 0 bridgehead atoms. The van der Waals surface area contributed by atoms with Gasteiger partial charge in [0.05, 0.1) is 31.6 Å². The van der Waals surface area contributed by atoms with Crippen molar-refractivity contribution >= 4 is 22.9 Å². The molecule has 1 saturated heterocycles. The van der Waals surface area contributed by atoms with Crippen molar-refractivity contribution in [2.45, 2.75) is 38.5 Å². The summed E-state index contributed by atoms with van der Waals surface area (Å²) in [7, 11) is 1.70. The zero-order chi connectivity index (χ0) is 21.6. The number of anilines is 2. The van der Waals surface area contributed by atoms with E-state index in [1.165, 1.54) is 0 Å². The highest BCUT2D eigenvalue weighted by Crippen LogP contribution is 2.43. The Hall–Kier alpha value is -2.75. The lowest BCUT2D eigenvalue weighted by molar-refractivity contribution is -0.0448. The van der Waals surface area contributed by atoms with Gasteiger partial charge in [0.1, 0.15) is 16.9 Å². The first-order valence-corrected chi connectivity index (χ1v) is 10.5. The minimum Gasteiger partial charge on any atom is -0.424 e. The Morgan fingerprint density at radius 2 is 2.16 bits per heavy atom.